The largest absolute Gasteiger partial charge is 0.481 e. The van der Waals surface area contributed by atoms with Crippen LogP contribution < -0.4 is 5.32 Å². The molecule has 0 spiro atoms. The van der Waals surface area contributed by atoms with Crippen LogP contribution in [-0.2, 0) is 4.79 Å². The van der Waals surface area contributed by atoms with Crippen LogP contribution in [0.1, 0.15) is 30.1 Å². The van der Waals surface area contributed by atoms with Crippen molar-refractivity contribution in [3.05, 3.63) is 32.7 Å². The van der Waals surface area contributed by atoms with Crippen molar-refractivity contribution in [3.63, 3.8) is 0 Å². The van der Waals surface area contributed by atoms with E-state index in [2.05, 4.69) is 37.2 Å². The Labute approximate surface area is 128 Å². The Hall–Kier alpha value is -0.880. The van der Waals surface area contributed by atoms with Crippen molar-refractivity contribution >= 4 is 43.7 Å². The summed E-state index contributed by atoms with van der Waals surface area (Å²) in [4.78, 5) is 22.9. The molecular weight excluding hydrogens is 378 g/mol. The van der Waals surface area contributed by atoms with Crippen LogP contribution in [0.2, 0.25) is 0 Å². The number of halogens is 2. The molecule has 4 nitrogen and oxygen atoms in total. The van der Waals surface area contributed by atoms with Gasteiger partial charge in [0.2, 0.25) is 0 Å². The van der Waals surface area contributed by atoms with Crippen molar-refractivity contribution in [3.8, 4) is 0 Å². The summed E-state index contributed by atoms with van der Waals surface area (Å²) in [5.74, 6) is -1.69. The Balaban J connectivity index is 2.66. The van der Waals surface area contributed by atoms with E-state index in [0.29, 0.717) is 16.5 Å². The van der Waals surface area contributed by atoms with Gasteiger partial charge in [0, 0.05) is 15.5 Å². The molecule has 1 atom stereocenters. The molecule has 0 aliphatic heterocycles. The maximum atomic E-state index is 12.0. The second-order valence-electron chi connectivity index (χ2n) is 4.16. The Kier molecular flexibility index (Phi) is 6.51. The van der Waals surface area contributed by atoms with Gasteiger partial charge in [-0.15, -0.1) is 0 Å². The van der Waals surface area contributed by atoms with Crippen LogP contribution in [0.4, 0.5) is 0 Å². The van der Waals surface area contributed by atoms with Crippen molar-refractivity contribution in [2.75, 3.05) is 6.54 Å². The van der Waals surface area contributed by atoms with E-state index in [0.717, 1.165) is 10.9 Å². The Morgan fingerprint density at radius 1 is 1.37 bits per heavy atom. The first-order chi connectivity index (χ1) is 8.95. The third kappa shape index (κ3) is 4.95. The van der Waals surface area contributed by atoms with Crippen LogP contribution in [-0.4, -0.2) is 23.5 Å². The fraction of sp³-hybridized carbons (Fsp3) is 0.385. The molecule has 0 aliphatic carbocycles. The zero-order valence-corrected chi connectivity index (χ0v) is 13.6. The lowest BCUT2D eigenvalue weighted by molar-refractivity contribution is -0.141. The average molecular weight is 393 g/mol. The summed E-state index contributed by atoms with van der Waals surface area (Å²) in [5, 5.41) is 11.7. The van der Waals surface area contributed by atoms with Gasteiger partial charge in [-0.25, -0.2) is 0 Å². The average Bonchev–Trinajstić information content (AvgIpc) is 2.33. The molecule has 6 heteroatoms. The van der Waals surface area contributed by atoms with Gasteiger partial charge in [-0.05, 0) is 40.5 Å². The summed E-state index contributed by atoms with van der Waals surface area (Å²) in [6.07, 6.45) is 1.33. The van der Waals surface area contributed by atoms with Gasteiger partial charge >= 0.3 is 5.97 Å². The summed E-state index contributed by atoms with van der Waals surface area (Å²) in [5.41, 5.74) is 0.490. The van der Waals surface area contributed by atoms with Crippen molar-refractivity contribution in [2.24, 2.45) is 5.92 Å². The lowest BCUT2D eigenvalue weighted by atomic mass is 10.0. The van der Waals surface area contributed by atoms with Gasteiger partial charge in [-0.3, -0.25) is 9.59 Å². The number of carbonyl (C=O) groups is 2. The van der Waals surface area contributed by atoms with E-state index in [-0.39, 0.29) is 12.5 Å². The maximum Gasteiger partial charge on any atom is 0.308 e. The minimum Gasteiger partial charge on any atom is -0.481 e. The molecule has 0 fully saturated rings. The monoisotopic (exact) mass is 391 g/mol. The van der Waals surface area contributed by atoms with E-state index in [9.17, 15) is 9.59 Å². The number of carboxylic acid groups (broad SMARTS) is 1. The number of nitrogens with one attached hydrogen (secondary N) is 1. The summed E-state index contributed by atoms with van der Waals surface area (Å²) in [7, 11) is 0. The van der Waals surface area contributed by atoms with Gasteiger partial charge in [-0.2, -0.15) is 0 Å². The molecule has 0 saturated carbocycles. The molecule has 0 radical (unpaired) electrons. The number of carbonyl (C=O) groups excluding carboxylic acids is 1. The van der Waals surface area contributed by atoms with Crippen molar-refractivity contribution in [1.29, 1.82) is 0 Å². The first kappa shape index (κ1) is 16.2. The number of carboxylic acids is 1. The van der Waals surface area contributed by atoms with Crippen LogP contribution in [0.25, 0.3) is 0 Å². The number of hydrogen-bond donors (Lipinski definition) is 2. The predicted octanol–water partition coefficient (Wildman–Crippen LogP) is 3.44. The van der Waals surface area contributed by atoms with Crippen molar-refractivity contribution in [1.82, 2.24) is 5.32 Å². The molecule has 0 heterocycles. The highest BCUT2D eigenvalue weighted by Gasteiger charge is 2.18. The summed E-state index contributed by atoms with van der Waals surface area (Å²) >= 11 is 6.62. The summed E-state index contributed by atoms with van der Waals surface area (Å²) in [6.45, 7) is 2.06. The number of benzene rings is 1. The van der Waals surface area contributed by atoms with Gasteiger partial charge in [0.15, 0.2) is 0 Å². The molecule has 0 aromatic heterocycles. The molecule has 1 aromatic rings. The number of amides is 1. The van der Waals surface area contributed by atoms with Crippen LogP contribution in [0.3, 0.4) is 0 Å². The van der Waals surface area contributed by atoms with E-state index in [1.807, 2.05) is 6.92 Å². The molecule has 1 aromatic carbocycles. The maximum absolute atomic E-state index is 12.0. The molecule has 1 unspecified atom stereocenters. The predicted molar refractivity (Wildman–Crippen MR) is 80.2 cm³/mol. The van der Waals surface area contributed by atoms with Crippen LogP contribution in [0.15, 0.2) is 27.1 Å². The SMILES string of the molecule is CCCC(CNC(=O)c1ccc(Br)cc1Br)C(=O)O. The standard InChI is InChI=1S/C13H15Br2NO3/c1-2-3-8(13(18)19)7-16-12(17)10-5-4-9(14)6-11(10)15/h4-6,8H,2-3,7H2,1H3,(H,16,17)(H,18,19). The highest BCUT2D eigenvalue weighted by molar-refractivity contribution is 9.11. The fourth-order valence-corrected chi connectivity index (χ4v) is 2.87. The zero-order valence-electron chi connectivity index (χ0n) is 10.5. The van der Waals surface area contributed by atoms with Crippen molar-refractivity contribution < 1.29 is 14.7 Å². The van der Waals surface area contributed by atoms with Crippen molar-refractivity contribution in [2.45, 2.75) is 19.8 Å². The molecule has 1 rings (SSSR count). The molecule has 104 valence electrons. The molecule has 2 N–H and O–H groups in total. The van der Waals surface area contributed by atoms with Gasteiger partial charge in [0.05, 0.1) is 11.5 Å². The minimum absolute atomic E-state index is 0.143. The fourth-order valence-electron chi connectivity index (χ4n) is 1.65. The van der Waals surface area contributed by atoms with Gasteiger partial charge in [0.1, 0.15) is 0 Å². The highest BCUT2D eigenvalue weighted by Crippen LogP contribution is 2.21. The molecule has 1 amide bonds. The number of rotatable bonds is 6. The highest BCUT2D eigenvalue weighted by atomic mass is 79.9. The van der Waals surface area contributed by atoms with E-state index in [1.165, 1.54) is 0 Å². The Morgan fingerprint density at radius 3 is 2.58 bits per heavy atom. The lowest BCUT2D eigenvalue weighted by Gasteiger charge is -2.13. The third-order valence-electron chi connectivity index (χ3n) is 2.67. The number of aliphatic carboxylic acids is 1. The van der Waals surface area contributed by atoms with Gasteiger partial charge < -0.3 is 10.4 Å². The van der Waals surface area contributed by atoms with Crippen LogP contribution in [0.5, 0.6) is 0 Å². The zero-order chi connectivity index (χ0) is 14.4. The number of hydrogen-bond acceptors (Lipinski definition) is 2. The molecule has 0 bridgehead atoms. The van der Waals surface area contributed by atoms with E-state index >= 15 is 0 Å². The third-order valence-corrected chi connectivity index (χ3v) is 3.82. The minimum atomic E-state index is -0.878. The Bertz CT molecular complexity index is 477. The molecule has 0 saturated heterocycles. The van der Waals surface area contributed by atoms with E-state index in [4.69, 9.17) is 5.11 Å². The molecule has 19 heavy (non-hydrogen) atoms. The Morgan fingerprint density at radius 2 is 2.05 bits per heavy atom. The summed E-state index contributed by atoms with van der Waals surface area (Å²) in [6, 6.07) is 5.22. The summed E-state index contributed by atoms with van der Waals surface area (Å²) < 4.78 is 1.53. The van der Waals surface area contributed by atoms with Gasteiger partial charge in [-0.1, -0.05) is 29.3 Å². The first-order valence-electron chi connectivity index (χ1n) is 5.91. The van der Waals surface area contributed by atoms with Crippen LogP contribution >= 0.6 is 31.9 Å². The smallest absolute Gasteiger partial charge is 0.308 e. The lowest BCUT2D eigenvalue weighted by Crippen LogP contribution is -2.33. The second kappa shape index (κ2) is 7.65. The second-order valence-corrected chi connectivity index (χ2v) is 5.93. The van der Waals surface area contributed by atoms with Gasteiger partial charge in [0.25, 0.3) is 5.91 Å². The first-order valence-corrected chi connectivity index (χ1v) is 7.50. The van der Waals surface area contributed by atoms with Crippen LogP contribution in [0, 0.1) is 5.92 Å². The topological polar surface area (TPSA) is 66.4 Å². The quantitative estimate of drug-likeness (QED) is 0.779. The molecular formula is C13H15Br2NO3. The van der Waals surface area contributed by atoms with E-state index in [1.54, 1.807) is 18.2 Å². The normalized spacial score (nSPS) is 11.9. The molecule has 0 aliphatic rings. The van der Waals surface area contributed by atoms with E-state index < -0.39 is 11.9 Å².